The number of rotatable bonds is 29. The first-order valence-electron chi connectivity index (χ1n) is 15.3. The van der Waals surface area contributed by atoms with Gasteiger partial charge in [0.05, 0.1) is 6.61 Å². The van der Waals surface area contributed by atoms with Gasteiger partial charge in [0.2, 0.25) is 5.91 Å². The summed E-state index contributed by atoms with van der Waals surface area (Å²) in [5, 5.41) is 11.5. The first kappa shape index (κ1) is 35.5. The third kappa shape index (κ3) is 27.4. The molecule has 0 unspecified atom stereocenters. The van der Waals surface area contributed by atoms with Crippen molar-refractivity contribution < 1.29 is 24.2 Å². The summed E-state index contributed by atoms with van der Waals surface area (Å²) in [5.41, 5.74) is 0. The molecule has 0 saturated carbocycles. The zero-order chi connectivity index (χ0) is 27.2. The van der Waals surface area contributed by atoms with E-state index in [2.05, 4.69) is 17.1 Å². The van der Waals surface area contributed by atoms with Crippen LogP contribution in [0.5, 0.6) is 0 Å². The Hall–Kier alpha value is -1.47. The third-order valence-corrected chi connectivity index (χ3v) is 6.78. The summed E-state index contributed by atoms with van der Waals surface area (Å²) < 4.78 is 5.37. The van der Waals surface area contributed by atoms with Crippen LogP contribution in [-0.4, -0.2) is 67.6 Å². The van der Waals surface area contributed by atoms with Crippen LogP contribution in [0.25, 0.3) is 0 Å². The highest BCUT2D eigenvalue weighted by atomic mass is 16.5. The zero-order valence-corrected chi connectivity index (χ0v) is 24.0. The fourth-order valence-electron chi connectivity index (χ4n) is 4.47. The Morgan fingerprint density at radius 3 is 1.89 bits per heavy atom. The number of aliphatic hydroxyl groups is 1. The fourth-order valence-corrected chi connectivity index (χ4v) is 4.47. The number of unbranched alkanes of at least 4 members (excludes halogenated alkanes) is 15. The average Bonchev–Trinajstić information content (AvgIpc) is 2.90. The SMILES string of the molecule is CCCCCCCCCOC(=O)CCCCCCCN(CCCCCCCC=O)CCCNC(=O)CO. The summed E-state index contributed by atoms with van der Waals surface area (Å²) >= 11 is 0. The number of aldehydes is 1. The minimum absolute atomic E-state index is 0.0448. The summed E-state index contributed by atoms with van der Waals surface area (Å²) in [7, 11) is 0. The first-order valence-corrected chi connectivity index (χ1v) is 15.3. The van der Waals surface area contributed by atoms with E-state index in [0.29, 0.717) is 26.0 Å². The van der Waals surface area contributed by atoms with E-state index < -0.39 is 6.61 Å². The maximum atomic E-state index is 11.9. The monoisotopic (exact) mass is 526 g/mol. The standard InChI is InChI=1S/C30H58N2O5/c1-2-3-4-5-8-14-19-27-37-30(36)21-15-10-9-12-17-24-32(25-20-22-31-29(35)28-34)23-16-11-6-7-13-18-26-33/h26,34H,2-25,27-28H2,1H3,(H,31,35). The lowest BCUT2D eigenvalue weighted by Crippen LogP contribution is -2.32. The molecule has 0 heterocycles. The lowest BCUT2D eigenvalue weighted by Gasteiger charge is -2.22. The molecule has 7 heteroatoms. The largest absolute Gasteiger partial charge is 0.466 e. The maximum Gasteiger partial charge on any atom is 0.305 e. The molecule has 0 atom stereocenters. The van der Waals surface area contributed by atoms with E-state index in [-0.39, 0.29) is 11.9 Å². The first-order chi connectivity index (χ1) is 18.1. The Bertz CT molecular complexity index is 530. The van der Waals surface area contributed by atoms with Crippen LogP contribution in [0.2, 0.25) is 0 Å². The van der Waals surface area contributed by atoms with Crippen LogP contribution in [0.1, 0.15) is 135 Å². The van der Waals surface area contributed by atoms with Gasteiger partial charge in [0.1, 0.15) is 12.9 Å². The smallest absolute Gasteiger partial charge is 0.305 e. The van der Waals surface area contributed by atoms with Gasteiger partial charge in [-0.1, -0.05) is 84.0 Å². The molecule has 0 spiro atoms. The number of esters is 1. The van der Waals surface area contributed by atoms with E-state index in [1.165, 1.54) is 44.9 Å². The molecule has 0 radical (unpaired) electrons. The van der Waals surface area contributed by atoms with E-state index in [9.17, 15) is 14.4 Å². The Morgan fingerprint density at radius 2 is 1.27 bits per heavy atom. The predicted octanol–water partition coefficient (Wildman–Crippen LogP) is 5.96. The number of carbonyl (C=O) groups excluding carboxylic acids is 3. The number of hydrogen-bond donors (Lipinski definition) is 2. The van der Waals surface area contributed by atoms with Gasteiger partial charge in [-0.05, 0) is 58.2 Å². The van der Waals surface area contributed by atoms with E-state index in [1.807, 2.05) is 0 Å². The molecule has 0 rings (SSSR count). The summed E-state index contributed by atoms with van der Waals surface area (Å²) in [5.74, 6) is -0.361. The molecule has 0 saturated heterocycles. The molecule has 0 aliphatic carbocycles. The quantitative estimate of drug-likeness (QED) is 0.0709. The lowest BCUT2D eigenvalue weighted by molar-refractivity contribution is -0.143. The summed E-state index contributed by atoms with van der Waals surface area (Å²) in [6, 6.07) is 0. The number of nitrogens with one attached hydrogen (secondary N) is 1. The number of hydrogen-bond acceptors (Lipinski definition) is 6. The number of nitrogens with zero attached hydrogens (tertiary/aromatic N) is 1. The summed E-state index contributed by atoms with van der Waals surface area (Å²) in [6.07, 6.45) is 22.8. The van der Waals surface area contributed by atoms with Gasteiger partial charge < -0.3 is 24.9 Å². The van der Waals surface area contributed by atoms with E-state index in [4.69, 9.17) is 9.84 Å². The number of ether oxygens (including phenoxy) is 1. The number of aliphatic hydroxyl groups excluding tert-OH is 1. The van der Waals surface area contributed by atoms with Gasteiger partial charge in [-0.25, -0.2) is 0 Å². The summed E-state index contributed by atoms with van der Waals surface area (Å²) in [4.78, 5) is 36.0. The molecular formula is C30H58N2O5. The van der Waals surface area contributed by atoms with Crippen LogP contribution in [0.15, 0.2) is 0 Å². The van der Waals surface area contributed by atoms with Gasteiger partial charge in [-0.2, -0.15) is 0 Å². The molecule has 0 aromatic rings. The maximum absolute atomic E-state index is 11.9. The Balaban J connectivity index is 3.83. The Kier molecular flexibility index (Phi) is 27.9. The molecule has 37 heavy (non-hydrogen) atoms. The molecule has 0 aliphatic rings. The molecule has 0 aromatic carbocycles. The van der Waals surface area contributed by atoms with Gasteiger partial charge >= 0.3 is 5.97 Å². The van der Waals surface area contributed by atoms with Crippen LogP contribution in [-0.2, 0) is 19.1 Å². The van der Waals surface area contributed by atoms with Crippen LogP contribution in [0.4, 0.5) is 0 Å². The highest BCUT2D eigenvalue weighted by Crippen LogP contribution is 2.11. The van der Waals surface area contributed by atoms with Crippen LogP contribution < -0.4 is 5.32 Å². The molecule has 0 bridgehead atoms. The Morgan fingerprint density at radius 1 is 0.730 bits per heavy atom. The molecule has 1 amide bonds. The van der Waals surface area contributed by atoms with Crippen molar-refractivity contribution in [2.24, 2.45) is 0 Å². The Labute approximate surface area is 227 Å². The molecule has 2 N–H and O–H groups in total. The minimum atomic E-state index is -0.454. The van der Waals surface area contributed by atoms with Crippen molar-refractivity contribution in [2.45, 2.75) is 135 Å². The van der Waals surface area contributed by atoms with Crippen molar-refractivity contribution >= 4 is 18.2 Å². The van der Waals surface area contributed by atoms with E-state index in [1.54, 1.807) is 0 Å². The second-order valence-corrected chi connectivity index (χ2v) is 10.3. The van der Waals surface area contributed by atoms with Crippen LogP contribution >= 0.6 is 0 Å². The van der Waals surface area contributed by atoms with Crippen molar-refractivity contribution in [3.05, 3.63) is 0 Å². The van der Waals surface area contributed by atoms with Gasteiger partial charge in [0.15, 0.2) is 0 Å². The summed E-state index contributed by atoms with van der Waals surface area (Å²) in [6.45, 7) is 6.01. The van der Waals surface area contributed by atoms with Crippen molar-refractivity contribution in [1.82, 2.24) is 10.2 Å². The predicted molar refractivity (Wildman–Crippen MR) is 152 cm³/mol. The third-order valence-electron chi connectivity index (χ3n) is 6.78. The molecule has 0 fully saturated rings. The van der Waals surface area contributed by atoms with E-state index >= 15 is 0 Å². The number of carbonyl (C=O) groups is 3. The molecule has 0 aromatic heterocycles. The van der Waals surface area contributed by atoms with E-state index in [0.717, 1.165) is 96.5 Å². The zero-order valence-electron chi connectivity index (χ0n) is 24.0. The molecule has 218 valence electrons. The average molecular weight is 527 g/mol. The fraction of sp³-hybridized carbons (Fsp3) is 0.900. The van der Waals surface area contributed by atoms with Gasteiger partial charge in [-0.15, -0.1) is 0 Å². The van der Waals surface area contributed by atoms with Crippen molar-refractivity contribution in [3.63, 3.8) is 0 Å². The second kappa shape index (κ2) is 29.1. The highest BCUT2D eigenvalue weighted by Gasteiger charge is 2.07. The van der Waals surface area contributed by atoms with Crippen LogP contribution in [0, 0.1) is 0 Å². The van der Waals surface area contributed by atoms with Gasteiger partial charge in [-0.3, -0.25) is 9.59 Å². The van der Waals surface area contributed by atoms with Crippen molar-refractivity contribution in [2.75, 3.05) is 39.4 Å². The normalized spacial score (nSPS) is 11.1. The minimum Gasteiger partial charge on any atom is -0.466 e. The van der Waals surface area contributed by atoms with Gasteiger partial charge in [0, 0.05) is 19.4 Å². The molecule has 7 nitrogen and oxygen atoms in total. The van der Waals surface area contributed by atoms with Gasteiger partial charge in [0.25, 0.3) is 0 Å². The highest BCUT2D eigenvalue weighted by molar-refractivity contribution is 5.76. The lowest BCUT2D eigenvalue weighted by atomic mass is 10.1. The molecular weight excluding hydrogens is 468 g/mol. The molecule has 0 aliphatic heterocycles. The van der Waals surface area contributed by atoms with Crippen molar-refractivity contribution in [1.29, 1.82) is 0 Å². The second-order valence-electron chi connectivity index (χ2n) is 10.3. The van der Waals surface area contributed by atoms with Crippen molar-refractivity contribution in [3.8, 4) is 0 Å². The topological polar surface area (TPSA) is 95.9 Å². The van der Waals surface area contributed by atoms with Crippen LogP contribution in [0.3, 0.4) is 0 Å². The number of amides is 1.